The molecule has 0 aromatic rings. The lowest BCUT2D eigenvalue weighted by Crippen LogP contribution is -2.52. The number of carboxylic acids is 1. The third-order valence-electron chi connectivity index (χ3n) is 3.92. The minimum absolute atomic E-state index is 0.0139. The number of hydrogen-bond donors (Lipinski definition) is 1. The maximum Gasteiger partial charge on any atom is 0.318 e. The molecule has 2 aliphatic rings. The number of morpholine rings is 1. The van der Waals surface area contributed by atoms with E-state index in [1.807, 2.05) is 0 Å². The molecule has 0 bridgehead atoms. The van der Waals surface area contributed by atoms with Crippen molar-refractivity contribution in [2.75, 3.05) is 52.3 Å². The normalized spacial score (nSPS) is 25.7. The summed E-state index contributed by atoms with van der Waals surface area (Å²) in [6.07, 6.45) is 1.11. The number of nitrogens with zero attached hydrogens (tertiary/aromatic N) is 2. The molecule has 2 heterocycles. The first-order valence-corrected chi connectivity index (χ1v) is 9.27. The summed E-state index contributed by atoms with van der Waals surface area (Å²) in [5.74, 6) is -1.40. The van der Waals surface area contributed by atoms with Crippen molar-refractivity contribution in [3.8, 4) is 0 Å². The molecule has 2 fully saturated rings. The van der Waals surface area contributed by atoms with E-state index in [0.29, 0.717) is 32.8 Å². The van der Waals surface area contributed by atoms with E-state index >= 15 is 0 Å². The molecule has 0 aliphatic carbocycles. The number of hydrogen-bond acceptors (Lipinski definition) is 6. The van der Waals surface area contributed by atoms with E-state index in [9.17, 15) is 18.0 Å². The second kappa shape index (κ2) is 7.56. The largest absolute Gasteiger partial charge is 0.480 e. The van der Waals surface area contributed by atoms with Crippen LogP contribution in [0.4, 0.5) is 0 Å². The van der Waals surface area contributed by atoms with Gasteiger partial charge < -0.3 is 19.5 Å². The summed E-state index contributed by atoms with van der Waals surface area (Å²) in [6, 6.07) is 0. The van der Waals surface area contributed by atoms with Crippen LogP contribution in [0.5, 0.6) is 0 Å². The van der Waals surface area contributed by atoms with Gasteiger partial charge in [-0.15, -0.1) is 0 Å². The molecule has 2 saturated heterocycles. The van der Waals surface area contributed by atoms with Crippen LogP contribution in [0.3, 0.4) is 0 Å². The predicted octanol–water partition coefficient (Wildman–Crippen LogP) is -1.40. The van der Waals surface area contributed by atoms with Gasteiger partial charge in [-0.25, -0.2) is 8.42 Å². The number of rotatable bonds is 6. The molecular formula is C13H22N2O7S. The maximum absolute atomic E-state index is 12.4. The third-order valence-corrected chi connectivity index (χ3v) is 5.13. The Hall–Kier alpha value is -1.23. The van der Waals surface area contributed by atoms with Gasteiger partial charge in [-0.1, -0.05) is 0 Å². The monoisotopic (exact) mass is 350 g/mol. The van der Waals surface area contributed by atoms with Crippen LogP contribution in [0.25, 0.3) is 0 Å². The highest BCUT2D eigenvalue weighted by atomic mass is 32.2. The highest BCUT2D eigenvalue weighted by molar-refractivity contribution is 7.88. The number of ether oxygens (including phenoxy) is 2. The molecular weight excluding hydrogens is 328 g/mol. The molecule has 1 amide bonds. The molecule has 132 valence electrons. The van der Waals surface area contributed by atoms with Gasteiger partial charge in [0.15, 0.2) is 0 Å². The first-order chi connectivity index (χ1) is 10.8. The fourth-order valence-electron chi connectivity index (χ4n) is 2.71. The summed E-state index contributed by atoms with van der Waals surface area (Å²) in [4.78, 5) is 24.8. The highest BCUT2D eigenvalue weighted by Crippen LogP contribution is 2.18. The zero-order valence-electron chi connectivity index (χ0n) is 13.0. The Kier molecular flexibility index (Phi) is 5.95. The van der Waals surface area contributed by atoms with Gasteiger partial charge in [-0.2, -0.15) is 4.31 Å². The summed E-state index contributed by atoms with van der Waals surface area (Å²) >= 11 is 0. The molecule has 2 rings (SSSR count). The molecule has 0 saturated carbocycles. The second-order valence-electron chi connectivity index (χ2n) is 5.79. The number of carbonyl (C=O) groups excluding carboxylic acids is 1. The fraction of sp³-hybridized carbons (Fsp3) is 0.846. The summed E-state index contributed by atoms with van der Waals surface area (Å²) in [6.45, 7) is 1.28. The minimum atomic E-state index is -3.66. The summed E-state index contributed by atoms with van der Waals surface area (Å²) < 4.78 is 34.9. The second-order valence-corrected chi connectivity index (χ2v) is 7.77. The van der Waals surface area contributed by atoms with Gasteiger partial charge in [0.25, 0.3) is 0 Å². The van der Waals surface area contributed by atoms with Crippen LogP contribution in [0.15, 0.2) is 0 Å². The summed E-state index contributed by atoms with van der Waals surface area (Å²) in [5.41, 5.74) is 0. The van der Waals surface area contributed by atoms with Crippen LogP contribution in [0.1, 0.15) is 6.42 Å². The smallest absolute Gasteiger partial charge is 0.318 e. The molecule has 2 unspecified atom stereocenters. The first-order valence-electron chi connectivity index (χ1n) is 7.42. The van der Waals surface area contributed by atoms with Crippen molar-refractivity contribution in [3.05, 3.63) is 0 Å². The SMILES string of the molecule is CS(=O)(=O)N(CC(=O)O)CC1CN(C(=O)C2CCOC2)CCO1. The molecule has 0 radical (unpaired) electrons. The van der Waals surface area contributed by atoms with Gasteiger partial charge in [-0.05, 0) is 6.42 Å². The lowest BCUT2D eigenvalue weighted by atomic mass is 10.1. The Balaban J connectivity index is 1.96. The van der Waals surface area contributed by atoms with E-state index in [1.54, 1.807) is 4.90 Å². The summed E-state index contributed by atoms with van der Waals surface area (Å²) in [5, 5.41) is 8.84. The van der Waals surface area contributed by atoms with Crippen LogP contribution in [-0.4, -0.2) is 93.0 Å². The first kappa shape index (κ1) is 18.1. The zero-order valence-corrected chi connectivity index (χ0v) is 13.8. The zero-order chi connectivity index (χ0) is 17.0. The van der Waals surface area contributed by atoms with E-state index in [0.717, 1.165) is 10.6 Å². The number of aliphatic carboxylic acids is 1. The highest BCUT2D eigenvalue weighted by Gasteiger charge is 2.33. The molecule has 2 atom stereocenters. The maximum atomic E-state index is 12.4. The van der Waals surface area contributed by atoms with Gasteiger partial charge >= 0.3 is 5.97 Å². The summed E-state index contributed by atoms with van der Waals surface area (Å²) in [7, 11) is -3.66. The average Bonchev–Trinajstić information content (AvgIpc) is 2.99. The van der Waals surface area contributed by atoms with Crippen LogP contribution < -0.4 is 0 Å². The van der Waals surface area contributed by atoms with Gasteiger partial charge in [0.1, 0.15) is 6.54 Å². The Morgan fingerprint density at radius 2 is 2.09 bits per heavy atom. The number of carboxylic acid groups (broad SMARTS) is 1. The van der Waals surface area contributed by atoms with Gasteiger partial charge in [-0.3, -0.25) is 9.59 Å². The molecule has 0 aromatic heterocycles. The molecule has 10 heteroatoms. The lowest BCUT2D eigenvalue weighted by Gasteiger charge is -2.35. The Bertz CT molecular complexity index is 545. The Morgan fingerprint density at radius 1 is 1.35 bits per heavy atom. The number of carbonyl (C=O) groups is 2. The number of amides is 1. The van der Waals surface area contributed by atoms with Crippen LogP contribution in [0.2, 0.25) is 0 Å². The van der Waals surface area contributed by atoms with Crippen molar-refractivity contribution in [1.82, 2.24) is 9.21 Å². The minimum Gasteiger partial charge on any atom is -0.480 e. The Morgan fingerprint density at radius 3 is 2.65 bits per heavy atom. The van der Waals surface area contributed by atoms with E-state index in [1.165, 1.54) is 0 Å². The number of sulfonamides is 1. The molecule has 9 nitrogen and oxygen atoms in total. The van der Waals surface area contributed by atoms with E-state index in [-0.39, 0.29) is 24.9 Å². The predicted molar refractivity (Wildman–Crippen MR) is 79.3 cm³/mol. The van der Waals surface area contributed by atoms with Gasteiger partial charge in [0.2, 0.25) is 15.9 Å². The van der Waals surface area contributed by atoms with Crippen molar-refractivity contribution < 1.29 is 32.6 Å². The van der Waals surface area contributed by atoms with E-state index in [2.05, 4.69) is 0 Å². The topological polar surface area (TPSA) is 113 Å². The molecule has 23 heavy (non-hydrogen) atoms. The van der Waals surface area contributed by atoms with Crippen molar-refractivity contribution in [2.45, 2.75) is 12.5 Å². The van der Waals surface area contributed by atoms with Crippen LogP contribution >= 0.6 is 0 Å². The molecule has 0 aromatic carbocycles. The van der Waals surface area contributed by atoms with Crippen LogP contribution in [0, 0.1) is 5.92 Å². The standard InChI is InChI=1S/C13H22N2O7S/c1-23(19,20)15(8-12(16)17)7-11-6-14(3-5-22-11)13(18)10-2-4-21-9-10/h10-11H,2-9H2,1H3,(H,16,17). The van der Waals surface area contributed by atoms with Gasteiger partial charge in [0, 0.05) is 26.2 Å². The van der Waals surface area contributed by atoms with Crippen molar-refractivity contribution in [1.29, 1.82) is 0 Å². The fourth-order valence-corrected chi connectivity index (χ4v) is 3.49. The third kappa shape index (κ3) is 5.13. The molecule has 0 spiro atoms. The van der Waals surface area contributed by atoms with Crippen molar-refractivity contribution >= 4 is 21.9 Å². The Labute approximate surface area is 135 Å². The van der Waals surface area contributed by atoms with E-state index < -0.39 is 28.6 Å². The van der Waals surface area contributed by atoms with Crippen LogP contribution in [-0.2, 0) is 29.1 Å². The average molecular weight is 350 g/mol. The van der Waals surface area contributed by atoms with Crippen molar-refractivity contribution in [3.63, 3.8) is 0 Å². The lowest BCUT2D eigenvalue weighted by molar-refractivity contribution is -0.144. The quantitative estimate of drug-likeness (QED) is 0.626. The molecule has 2 aliphatic heterocycles. The molecule has 1 N–H and O–H groups in total. The van der Waals surface area contributed by atoms with Crippen molar-refractivity contribution in [2.24, 2.45) is 5.92 Å². The van der Waals surface area contributed by atoms with Gasteiger partial charge in [0.05, 0.1) is 31.5 Å². The van der Waals surface area contributed by atoms with E-state index in [4.69, 9.17) is 14.6 Å².